The number of hydrogen-bond donors (Lipinski definition) is 3. The molecule has 350 valence electrons. The highest BCUT2D eigenvalue weighted by Crippen LogP contribution is 2.17. The van der Waals surface area contributed by atoms with Crippen molar-refractivity contribution in [3.63, 3.8) is 0 Å². The minimum Gasteiger partial charge on any atom is -0.462 e. The summed E-state index contributed by atoms with van der Waals surface area (Å²) in [5.74, 6) is -0.522. The van der Waals surface area contributed by atoms with Crippen LogP contribution in [-0.4, -0.2) is 46.9 Å². The number of aliphatic hydroxyl groups excluding tert-OH is 2. The van der Waals surface area contributed by atoms with Crippen LogP contribution in [0.25, 0.3) is 0 Å². The summed E-state index contributed by atoms with van der Waals surface area (Å²) in [5.41, 5.74) is 0. The average molecular weight is 842 g/mol. The van der Waals surface area contributed by atoms with Gasteiger partial charge >= 0.3 is 5.97 Å². The van der Waals surface area contributed by atoms with Crippen LogP contribution in [0, 0.1) is 0 Å². The van der Waals surface area contributed by atoms with E-state index in [-0.39, 0.29) is 24.9 Å². The molecular weight excluding hydrogens is 743 g/mol. The SMILES string of the molecule is CC/C=C/C/C=C/C/C=C/C/C=C/CCCC(CC(=O)NC(CO)C(O)CCCCCCCCCCCCCCCCC)OC(=O)CCCCCCCCCCCCCC. The van der Waals surface area contributed by atoms with Crippen LogP contribution < -0.4 is 5.32 Å². The van der Waals surface area contributed by atoms with Gasteiger partial charge in [0.15, 0.2) is 0 Å². The second kappa shape index (κ2) is 47.9. The predicted molar refractivity (Wildman–Crippen MR) is 259 cm³/mol. The number of allylic oxidation sites excluding steroid dienone is 8. The molecule has 60 heavy (non-hydrogen) atoms. The molecule has 0 fully saturated rings. The van der Waals surface area contributed by atoms with Crippen LogP contribution in [0.1, 0.15) is 258 Å². The number of amides is 1. The quantitative estimate of drug-likeness (QED) is 0.0322. The molecule has 3 atom stereocenters. The van der Waals surface area contributed by atoms with Crippen LogP contribution in [0.4, 0.5) is 0 Å². The van der Waals surface area contributed by atoms with Crippen molar-refractivity contribution in [3.05, 3.63) is 48.6 Å². The molecule has 0 aliphatic rings. The molecule has 0 saturated heterocycles. The summed E-state index contributed by atoms with van der Waals surface area (Å²) in [6.45, 7) is 6.36. The molecule has 0 spiro atoms. The van der Waals surface area contributed by atoms with Gasteiger partial charge in [-0.1, -0.05) is 236 Å². The Morgan fingerprint density at radius 3 is 1.33 bits per heavy atom. The number of ether oxygens (including phenoxy) is 1. The lowest BCUT2D eigenvalue weighted by Crippen LogP contribution is -2.46. The van der Waals surface area contributed by atoms with Crippen LogP contribution in [-0.2, 0) is 14.3 Å². The van der Waals surface area contributed by atoms with Gasteiger partial charge in [0.2, 0.25) is 5.91 Å². The summed E-state index contributed by atoms with van der Waals surface area (Å²) in [4.78, 5) is 26.1. The maximum absolute atomic E-state index is 13.2. The van der Waals surface area contributed by atoms with E-state index >= 15 is 0 Å². The van der Waals surface area contributed by atoms with E-state index < -0.39 is 18.2 Å². The van der Waals surface area contributed by atoms with Gasteiger partial charge in [-0.15, -0.1) is 0 Å². The van der Waals surface area contributed by atoms with Crippen LogP contribution in [0.2, 0.25) is 0 Å². The summed E-state index contributed by atoms with van der Waals surface area (Å²) in [6.07, 6.45) is 57.5. The van der Waals surface area contributed by atoms with Crippen molar-refractivity contribution >= 4 is 11.9 Å². The maximum Gasteiger partial charge on any atom is 0.306 e. The van der Waals surface area contributed by atoms with Gasteiger partial charge in [-0.3, -0.25) is 9.59 Å². The fraction of sp³-hybridized carbons (Fsp3) is 0.815. The Bertz CT molecular complexity index is 1040. The molecule has 0 radical (unpaired) electrons. The highest BCUT2D eigenvalue weighted by Gasteiger charge is 2.24. The van der Waals surface area contributed by atoms with Crippen molar-refractivity contribution in [3.8, 4) is 0 Å². The third-order valence-corrected chi connectivity index (χ3v) is 11.7. The van der Waals surface area contributed by atoms with E-state index in [0.29, 0.717) is 19.3 Å². The Morgan fingerprint density at radius 1 is 0.500 bits per heavy atom. The van der Waals surface area contributed by atoms with Gasteiger partial charge in [0.05, 0.1) is 25.2 Å². The van der Waals surface area contributed by atoms with Crippen molar-refractivity contribution in [2.75, 3.05) is 6.61 Å². The Morgan fingerprint density at radius 2 is 0.900 bits per heavy atom. The lowest BCUT2D eigenvalue weighted by Gasteiger charge is -2.24. The van der Waals surface area contributed by atoms with Crippen molar-refractivity contribution in [2.45, 2.75) is 277 Å². The topological polar surface area (TPSA) is 95.9 Å². The zero-order valence-electron chi connectivity index (χ0n) is 39.8. The van der Waals surface area contributed by atoms with Gasteiger partial charge < -0.3 is 20.3 Å². The number of hydrogen-bond acceptors (Lipinski definition) is 5. The largest absolute Gasteiger partial charge is 0.462 e. The van der Waals surface area contributed by atoms with E-state index in [1.165, 1.54) is 135 Å². The average Bonchev–Trinajstić information content (AvgIpc) is 3.24. The summed E-state index contributed by atoms with van der Waals surface area (Å²) < 4.78 is 5.90. The van der Waals surface area contributed by atoms with Crippen LogP contribution in [0.5, 0.6) is 0 Å². The van der Waals surface area contributed by atoms with Crippen LogP contribution in [0.15, 0.2) is 48.6 Å². The fourth-order valence-electron chi connectivity index (χ4n) is 7.78. The molecule has 0 saturated carbocycles. The zero-order chi connectivity index (χ0) is 43.8. The second-order valence-electron chi connectivity index (χ2n) is 17.5. The lowest BCUT2D eigenvalue weighted by molar-refractivity contribution is -0.151. The molecule has 0 aromatic carbocycles. The highest BCUT2D eigenvalue weighted by molar-refractivity contribution is 5.77. The number of carbonyl (C=O) groups is 2. The summed E-state index contributed by atoms with van der Waals surface area (Å²) in [7, 11) is 0. The second-order valence-corrected chi connectivity index (χ2v) is 17.5. The smallest absolute Gasteiger partial charge is 0.306 e. The number of aliphatic hydroxyl groups is 2. The first kappa shape index (κ1) is 57.8. The lowest BCUT2D eigenvalue weighted by atomic mass is 10.0. The molecule has 0 aliphatic carbocycles. The molecule has 0 aliphatic heterocycles. The fourth-order valence-corrected chi connectivity index (χ4v) is 7.78. The first-order valence-corrected chi connectivity index (χ1v) is 25.9. The normalized spacial score (nSPS) is 13.6. The van der Waals surface area contributed by atoms with Gasteiger partial charge in [0.1, 0.15) is 6.10 Å². The van der Waals surface area contributed by atoms with E-state index in [1.54, 1.807) is 0 Å². The minimum atomic E-state index is -0.800. The van der Waals surface area contributed by atoms with E-state index in [1.807, 2.05) is 0 Å². The van der Waals surface area contributed by atoms with Crippen molar-refractivity contribution in [1.82, 2.24) is 5.32 Å². The number of esters is 1. The Hall–Kier alpha value is -2.18. The minimum absolute atomic E-state index is 0.0422. The monoisotopic (exact) mass is 842 g/mol. The number of nitrogens with one attached hydrogen (secondary N) is 1. The van der Waals surface area contributed by atoms with Gasteiger partial charge in [-0.2, -0.15) is 0 Å². The van der Waals surface area contributed by atoms with Gasteiger partial charge in [0, 0.05) is 6.42 Å². The van der Waals surface area contributed by atoms with Crippen molar-refractivity contribution in [2.24, 2.45) is 0 Å². The number of unbranched alkanes of at least 4 members (excludes halogenated alkanes) is 26. The van der Waals surface area contributed by atoms with Crippen LogP contribution in [0.3, 0.4) is 0 Å². The molecule has 6 nitrogen and oxygen atoms in total. The molecule has 1 amide bonds. The van der Waals surface area contributed by atoms with Crippen LogP contribution >= 0.6 is 0 Å². The molecule has 0 aromatic heterocycles. The van der Waals surface area contributed by atoms with Crippen molar-refractivity contribution < 1.29 is 24.5 Å². The molecule has 0 heterocycles. The summed E-state index contributed by atoms with van der Waals surface area (Å²) in [5, 5.41) is 23.8. The maximum atomic E-state index is 13.2. The Kier molecular flexibility index (Phi) is 46.1. The van der Waals surface area contributed by atoms with Gasteiger partial charge in [0.25, 0.3) is 0 Å². The molecule has 3 N–H and O–H groups in total. The van der Waals surface area contributed by atoms with E-state index in [9.17, 15) is 19.8 Å². The summed E-state index contributed by atoms with van der Waals surface area (Å²) in [6, 6.07) is -0.717. The third kappa shape index (κ3) is 42.5. The third-order valence-electron chi connectivity index (χ3n) is 11.7. The molecule has 3 unspecified atom stereocenters. The highest BCUT2D eigenvalue weighted by atomic mass is 16.5. The molecular formula is C54H99NO5. The zero-order valence-corrected chi connectivity index (χ0v) is 39.8. The van der Waals surface area contributed by atoms with Gasteiger partial charge in [-0.25, -0.2) is 0 Å². The molecule has 6 heteroatoms. The molecule has 0 aromatic rings. The predicted octanol–water partition coefficient (Wildman–Crippen LogP) is 15.5. The standard InChI is InChI=1S/C54H99NO5/c1-4-7-10-13-16-19-22-25-27-29-31-34-37-40-43-46-52(57)51(49-56)55-53(58)48-50(45-42-39-36-33-30-28-26-23-20-17-14-11-8-5-2)60-54(59)47-44-41-38-35-32-24-21-18-15-12-9-6-3/h8,11,17,20,26,28,33,36,50-52,56-57H,4-7,9-10,12-16,18-19,21-25,27,29-32,34-35,37-49H2,1-3H3,(H,55,58)/b11-8+,20-17+,28-26+,36-33+. The first-order valence-electron chi connectivity index (χ1n) is 25.9. The van der Waals surface area contributed by atoms with E-state index in [4.69, 9.17) is 4.74 Å². The Balaban J connectivity index is 4.61. The number of carbonyl (C=O) groups excluding carboxylic acids is 2. The Labute approximate surface area is 372 Å². The van der Waals surface area contributed by atoms with E-state index in [0.717, 1.165) is 77.0 Å². The summed E-state index contributed by atoms with van der Waals surface area (Å²) >= 11 is 0. The number of rotatable bonds is 46. The molecule has 0 rings (SSSR count). The molecule has 0 bridgehead atoms. The van der Waals surface area contributed by atoms with Gasteiger partial charge in [-0.05, 0) is 57.8 Å². The van der Waals surface area contributed by atoms with E-state index in [2.05, 4.69) is 74.7 Å². The first-order chi connectivity index (χ1) is 29.5. The van der Waals surface area contributed by atoms with Crippen molar-refractivity contribution in [1.29, 1.82) is 0 Å².